The summed E-state index contributed by atoms with van der Waals surface area (Å²) in [7, 11) is 6.37. The van der Waals surface area contributed by atoms with Crippen LogP contribution in [0.25, 0.3) is 0 Å². The Labute approximate surface area is 392 Å². The first-order valence-electron chi connectivity index (χ1n) is 23.7. The number of amides is 2. The molecule has 0 aromatic heterocycles. The molecule has 0 radical (unpaired) electrons. The number of methoxy groups -OCH3 is 2. The SMILES string of the molecule is CC[C@H]1OC(=O)[C@H](C)[C@@H](O[C@H]2C[C@@](C)(OC)[C@](O)(CNCCOC)[C@H](C)O2)[C@H](C)[C@@H](O[C@@H]2O[C@H](C)C[C@H](N(C)C(=O)N(C)c3ccccc3)[C@H]2O)[C@](C)(O)C[C@@H](C)CN[C@H](C)[C@@H](O)[C@]1(C)O. The zero-order chi connectivity index (χ0) is 49.5. The van der Waals surface area contributed by atoms with E-state index in [1.807, 2.05) is 44.2 Å². The summed E-state index contributed by atoms with van der Waals surface area (Å²) in [6.07, 6.45) is -9.40. The van der Waals surface area contributed by atoms with Gasteiger partial charge in [0.2, 0.25) is 0 Å². The molecule has 4 rings (SSSR count). The number of hydrogen-bond donors (Lipinski definition) is 7. The lowest BCUT2D eigenvalue weighted by Gasteiger charge is -2.53. The van der Waals surface area contributed by atoms with Gasteiger partial charge in [-0.25, -0.2) is 4.79 Å². The molecule has 3 heterocycles. The van der Waals surface area contributed by atoms with Gasteiger partial charge in [-0.15, -0.1) is 0 Å². The first-order chi connectivity index (χ1) is 30.8. The number of esters is 1. The van der Waals surface area contributed by atoms with Crippen LogP contribution in [-0.4, -0.2) is 187 Å². The predicted octanol–water partition coefficient (Wildman–Crippen LogP) is 2.79. The van der Waals surface area contributed by atoms with Gasteiger partial charge in [-0.1, -0.05) is 39.0 Å². The first-order valence-corrected chi connectivity index (χ1v) is 23.7. The van der Waals surface area contributed by atoms with Crippen LogP contribution in [0.3, 0.4) is 0 Å². The first kappa shape index (κ1) is 56.0. The van der Waals surface area contributed by atoms with Gasteiger partial charge in [-0.3, -0.25) is 9.69 Å². The summed E-state index contributed by atoms with van der Waals surface area (Å²) in [4.78, 5) is 31.4. The Kier molecular flexibility index (Phi) is 19.8. The molecule has 3 aliphatic rings. The van der Waals surface area contributed by atoms with Gasteiger partial charge in [-0.05, 0) is 92.3 Å². The summed E-state index contributed by atoms with van der Waals surface area (Å²) in [5, 5.41) is 66.8. The number of aliphatic hydroxyl groups is 5. The maximum Gasteiger partial charge on any atom is 0.324 e. The van der Waals surface area contributed by atoms with E-state index in [4.69, 9.17) is 33.2 Å². The van der Waals surface area contributed by atoms with Crippen molar-refractivity contribution in [3.05, 3.63) is 30.3 Å². The lowest BCUT2D eigenvalue weighted by molar-refractivity contribution is -0.336. The maximum absolute atomic E-state index is 14.5. The highest BCUT2D eigenvalue weighted by Gasteiger charge is 2.58. The number of likely N-dealkylation sites (N-methyl/N-ethyl adjacent to an activating group) is 1. The fourth-order valence-electron chi connectivity index (χ4n) is 10.2. The van der Waals surface area contributed by atoms with Crippen molar-refractivity contribution < 1.29 is 68.3 Å². The zero-order valence-corrected chi connectivity index (χ0v) is 41.9. The number of cyclic esters (lactones) is 1. The van der Waals surface area contributed by atoms with E-state index in [1.165, 1.54) is 23.8 Å². The van der Waals surface area contributed by atoms with Crippen LogP contribution >= 0.6 is 0 Å². The van der Waals surface area contributed by atoms with Crippen LogP contribution in [0.2, 0.25) is 0 Å². The number of ether oxygens (including phenoxy) is 7. The highest BCUT2D eigenvalue weighted by molar-refractivity contribution is 5.91. The van der Waals surface area contributed by atoms with Crippen LogP contribution < -0.4 is 15.5 Å². The number of para-hydroxylation sites is 1. The van der Waals surface area contributed by atoms with E-state index in [0.717, 1.165) is 0 Å². The van der Waals surface area contributed by atoms with Gasteiger partial charge in [0.1, 0.15) is 35.1 Å². The Balaban J connectivity index is 1.79. The second-order valence-electron chi connectivity index (χ2n) is 20.0. The van der Waals surface area contributed by atoms with Crippen molar-refractivity contribution >= 4 is 17.7 Å². The van der Waals surface area contributed by atoms with Crippen molar-refractivity contribution in [1.82, 2.24) is 15.5 Å². The molecular weight excluding hydrogens is 857 g/mol. The minimum absolute atomic E-state index is 0.0176. The van der Waals surface area contributed by atoms with Crippen molar-refractivity contribution in [1.29, 1.82) is 0 Å². The molecule has 0 aliphatic carbocycles. The highest BCUT2D eigenvalue weighted by Crippen LogP contribution is 2.43. The Morgan fingerprint density at radius 1 is 0.955 bits per heavy atom. The molecule has 66 heavy (non-hydrogen) atoms. The second kappa shape index (κ2) is 23.4. The van der Waals surface area contributed by atoms with Gasteiger partial charge in [0.05, 0.1) is 48.6 Å². The summed E-state index contributed by atoms with van der Waals surface area (Å²) >= 11 is 0. The molecule has 380 valence electrons. The number of nitrogens with one attached hydrogen (secondary N) is 2. The van der Waals surface area contributed by atoms with Crippen LogP contribution in [0.15, 0.2) is 30.3 Å². The van der Waals surface area contributed by atoms with Crippen molar-refractivity contribution in [3.8, 4) is 0 Å². The Morgan fingerprint density at radius 3 is 2.21 bits per heavy atom. The minimum Gasteiger partial charge on any atom is -0.459 e. The lowest BCUT2D eigenvalue weighted by atomic mass is 9.75. The summed E-state index contributed by atoms with van der Waals surface area (Å²) in [5.74, 6) is -3.01. The molecule has 18 nitrogen and oxygen atoms in total. The number of urea groups is 1. The largest absolute Gasteiger partial charge is 0.459 e. The van der Waals surface area contributed by atoms with Gasteiger partial charge in [0.15, 0.2) is 12.6 Å². The number of nitrogens with zero attached hydrogens (tertiary/aromatic N) is 2. The van der Waals surface area contributed by atoms with Gasteiger partial charge in [-0.2, -0.15) is 0 Å². The highest BCUT2D eigenvalue weighted by atomic mass is 16.7. The van der Waals surface area contributed by atoms with Crippen molar-refractivity contribution in [2.24, 2.45) is 17.8 Å². The standard InChI is InChI=1S/C48H84N4O14/c1-15-36-47(10,58)40(54)32(6)50-26-28(2)24-45(8,57)41(66-43-38(53)35(23-29(3)62-43)52(12)44(56)51(11)34-19-17-16-18-20-34)30(4)39(31(5)42(55)64-36)65-37-25-46(9,61-14)48(59,33(7)63-37)27-49-21-22-60-13/h16-20,28-33,35-41,43,49-50,53-54,57-59H,15,21-27H2,1-14H3/t28-,29-,30+,31-,32-,33+,35+,36-,37+,38-,39+,40-,41-,43+,45-,46-,47-,48+/m1/s1. The molecule has 0 unspecified atom stereocenters. The van der Waals surface area contributed by atoms with Crippen LogP contribution in [0.5, 0.6) is 0 Å². The van der Waals surface area contributed by atoms with E-state index < -0.39 is 108 Å². The molecule has 3 saturated heterocycles. The van der Waals surface area contributed by atoms with Crippen molar-refractivity contribution in [2.75, 3.05) is 59.5 Å². The molecule has 0 spiro atoms. The normalized spacial score (nSPS) is 42.1. The second-order valence-corrected chi connectivity index (χ2v) is 20.0. The van der Waals surface area contributed by atoms with E-state index in [-0.39, 0.29) is 44.2 Å². The van der Waals surface area contributed by atoms with E-state index in [9.17, 15) is 35.1 Å². The quantitative estimate of drug-likeness (QED) is 0.111. The van der Waals surface area contributed by atoms with Gasteiger partial charge in [0, 0.05) is 65.5 Å². The summed E-state index contributed by atoms with van der Waals surface area (Å²) in [6.45, 7) is 18.5. The van der Waals surface area contributed by atoms with Gasteiger partial charge in [0.25, 0.3) is 0 Å². The van der Waals surface area contributed by atoms with Crippen LogP contribution in [0.1, 0.15) is 94.9 Å². The average Bonchev–Trinajstić information content (AvgIpc) is 3.27. The Morgan fingerprint density at radius 2 is 1.61 bits per heavy atom. The van der Waals surface area contributed by atoms with Gasteiger partial charge < -0.3 is 74.2 Å². The van der Waals surface area contributed by atoms with Crippen LogP contribution in [-0.2, 0) is 38.0 Å². The summed E-state index contributed by atoms with van der Waals surface area (Å²) < 4.78 is 43.8. The van der Waals surface area contributed by atoms with E-state index in [2.05, 4.69) is 10.6 Å². The molecular formula is C48H84N4O14. The number of anilines is 1. The van der Waals surface area contributed by atoms with Crippen molar-refractivity contribution in [3.63, 3.8) is 0 Å². The molecule has 1 aromatic rings. The maximum atomic E-state index is 14.5. The fourth-order valence-corrected chi connectivity index (χ4v) is 10.2. The number of carbonyl (C=O) groups excluding carboxylic acids is 2. The number of benzene rings is 1. The smallest absolute Gasteiger partial charge is 0.324 e. The lowest BCUT2D eigenvalue weighted by Crippen LogP contribution is -2.70. The molecule has 2 amide bonds. The van der Waals surface area contributed by atoms with Crippen LogP contribution in [0.4, 0.5) is 10.5 Å². The molecule has 0 saturated carbocycles. The average molecular weight is 941 g/mol. The molecule has 1 aromatic carbocycles. The summed E-state index contributed by atoms with van der Waals surface area (Å²) in [6, 6.07) is 7.38. The number of hydrogen-bond acceptors (Lipinski definition) is 16. The molecule has 18 heteroatoms. The van der Waals surface area contributed by atoms with E-state index in [0.29, 0.717) is 25.4 Å². The number of rotatable bonds is 13. The molecule has 3 aliphatic heterocycles. The predicted molar refractivity (Wildman–Crippen MR) is 248 cm³/mol. The third-order valence-corrected chi connectivity index (χ3v) is 14.6. The monoisotopic (exact) mass is 941 g/mol. The zero-order valence-electron chi connectivity index (χ0n) is 41.9. The van der Waals surface area contributed by atoms with Crippen molar-refractivity contribution in [2.45, 2.75) is 185 Å². The van der Waals surface area contributed by atoms with Gasteiger partial charge >= 0.3 is 12.0 Å². The third kappa shape index (κ3) is 12.6. The molecule has 18 atom stereocenters. The van der Waals surface area contributed by atoms with Crippen LogP contribution in [0, 0.1) is 17.8 Å². The Hall–Kier alpha value is -2.56. The van der Waals surface area contributed by atoms with E-state index >= 15 is 0 Å². The topological polar surface area (TPSA) is 230 Å². The number of aliphatic hydroxyl groups excluding tert-OH is 2. The molecule has 7 N–H and O–H groups in total. The molecule has 0 bridgehead atoms. The minimum atomic E-state index is -1.87. The fraction of sp³-hybridized carbons (Fsp3) is 0.833. The molecule has 3 fully saturated rings. The van der Waals surface area contributed by atoms with E-state index in [1.54, 1.807) is 69.7 Å². The Bertz CT molecular complexity index is 1680. The third-order valence-electron chi connectivity index (χ3n) is 14.6. The summed E-state index contributed by atoms with van der Waals surface area (Å²) in [5.41, 5.74) is -5.65. The number of carbonyl (C=O) groups is 2.